The van der Waals surface area contributed by atoms with Crippen LogP contribution in [0.5, 0.6) is 11.5 Å². The number of para-hydroxylation sites is 2. The summed E-state index contributed by atoms with van der Waals surface area (Å²) in [4.78, 5) is 11.0. The van der Waals surface area contributed by atoms with Gasteiger partial charge in [0.15, 0.2) is 5.75 Å². The van der Waals surface area contributed by atoms with Crippen molar-refractivity contribution in [2.45, 2.75) is 6.42 Å². The minimum Gasteiger partial charge on any atom is -0.478 e. The summed E-state index contributed by atoms with van der Waals surface area (Å²) in [6, 6.07) is 11.8. The van der Waals surface area contributed by atoms with Gasteiger partial charge in [0.2, 0.25) is 0 Å². The Hall–Kier alpha value is -2.53. The molecule has 0 saturated heterocycles. The Morgan fingerprint density at radius 2 is 1.80 bits per heavy atom. The molecular formula is C15H15NO4. The van der Waals surface area contributed by atoms with Gasteiger partial charge in [0.1, 0.15) is 5.75 Å². The molecule has 0 unspecified atom stereocenters. The topological polar surface area (TPSA) is 92.8 Å². The standard InChI is InChI=1S/C15H15NO4/c16-14-11(15(18)19)5-3-7-13(14)20-12-6-2-1-4-10(12)8-9-17/h1-7,17H,8-9,16H2,(H,18,19). The van der Waals surface area contributed by atoms with Crippen LogP contribution in [0.2, 0.25) is 0 Å². The SMILES string of the molecule is Nc1c(Oc2ccccc2CCO)cccc1C(=O)O. The molecule has 0 saturated carbocycles. The summed E-state index contributed by atoms with van der Waals surface area (Å²) in [5.74, 6) is -0.261. The summed E-state index contributed by atoms with van der Waals surface area (Å²) in [6.07, 6.45) is 0.453. The molecule has 20 heavy (non-hydrogen) atoms. The minimum atomic E-state index is -1.10. The lowest BCUT2D eigenvalue weighted by Crippen LogP contribution is -2.04. The van der Waals surface area contributed by atoms with Crippen molar-refractivity contribution in [3.63, 3.8) is 0 Å². The van der Waals surface area contributed by atoms with Crippen molar-refractivity contribution < 1.29 is 19.7 Å². The molecule has 104 valence electrons. The van der Waals surface area contributed by atoms with E-state index in [1.165, 1.54) is 6.07 Å². The average Bonchev–Trinajstić information content (AvgIpc) is 2.43. The number of aromatic carboxylic acids is 1. The van der Waals surface area contributed by atoms with Gasteiger partial charge in [0.05, 0.1) is 11.3 Å². The summed E-state index contributed by atoms with van der Waals surface area (Å²) < 4.78 is 5.68. The number of aliphatic hydroxyl groups excluding tert-OH is 1. The number of hydrogen-bond donors (Lipinski definition) is 3. The molecule has 0 aliphatic heterocycles. The van der Waals surface area contributed by atoms with Crippen molar-refractivity contribution in [1.82, 2.24) is 0 Å². The van der Waals surface area contributed by atoms with Crippen molar-refractivity contribution >= 4 is 11.7 Å². The Balaban J connectivity index is 2.35. The quantitative estimate of drug-likeness (QED) is 0.727. The van der Waals surface area contributed by atoms with Gasteiger partial charge in [-0.1, -0.05) is 24.3 Å². The fourth-order valence-electron chi connectivity index (χ4n) is 1.87. The van der Waals surface area contributed by atoms with Gasteiger partial charge in [0, 0.05) is 6.61 Å². The summed E-state index contributed by atoms with van der Waals surface area (Å²) in [7, 11) is 0. The van der Waals surface area contributed by atoms with Crippen LogP contribution in [0.1, 0.15) is 15.9 Å². The number of aliphatic hydroxyl groups is 1. The van der Waals surface area contributed by atoms with E-state index in [4.69, 9.17) is 20.7 Å². The molecule has 0 radical (unpaired) electrons. The zero-order chi connectivity index (χ0) is 14.5. The molecule has 0 aliphatic rings. The number of carboxylic acids is 1. The molecule has 5 heteroatoms. The van der Waals surface area contributed by atoms with Crippen molar-refractivity contribution in [2.75, 3.05) is 12.3 Å². The highest BCUT2D eigenvalue weighted by molar-refractivity contribution is 5.95. The first-order chi connectivity index (χ1) is 9.63. The first-order valence-electron chi connectivity index (χ1n) is 6.12. The number of nitrogens with two attached hydrogens (primary N) is 1. The van der Waals surface area contributed by atoms with Crippen LogP contribution in [0, 0.1) is 0 Å². The zero-order valence-electron chi connectivity index (χ0n) is 10.7. The van der Waals surface area contributed by atoms with Gasteiger partial charge in [-0.25, -0.2) is 4.79 Å². The van der Waals surface area contributed by atoms with Crippen molar-refractivity contribution in [1.29, 1.82) is 0 Å². The molecule has 0 heterocycles. The van der Waals surface area contributed by atoms with E-state index >= 15 is 0 Å². The van der Waals surface area contributed by atoms with Gasteiger partial charge in [-0.15, -0.1) is 0 Å². The van der Waals surface area contributed by atoms with E-state index in [1.54, 1.807) is 24.3 Å². The molecule has 0 atom stereocenters. The van der Waals surface area contributed by atoms with Gasteiger partial charge in [0.25, 0.3) is 0 Å². The molecule has 0 bridgehead atoms. The largest absolute Gasteiger partial charge is 0.478 e. The number of rotatable bonds is 5. The number of carboxylic acid groups (broad SMARTS) is 1. The lowest BCUT2D eigenvalue weighted by Gasteiger charge is -2.13. The number of anilines is 1. The average molecular weight is 273 g/mol. The van der Waals surface area contributed by atoms with E-state index in [1.807, 2.05) is 12.1 Å². The van der Waals surface area contributed by atoms with Gasteiger partial charge in [-0.3, -0.25) is 0 Å². The first kappa shape index (κ1) is 13.9. The molecule has 2 aromatic carbocycles. The van der Waals surface area contributed by atoms with Crippen LogP contribution in [0.25, 0.3) is 0 Å². The number of nitrogen functional groups attached to an aromatic ring is 1. The van der Waals surface area contributed by atoms with Crippen LogP contribution in [0.15, 0.2) is 42.5 Å². The summed E-state index contributed by atoms with van der Waals surface area (Å²) in [6.45, 7) is 0.00498. The molecule has 5 nitrogen and oxygen atoms in total. The van der Waals surface area contributed by atoms with Crippen LogP contribution >= 0.6 is 0 Å². The smallest absolute Gasteiger partial charge is 0.337 e. The predicted octanol–water partition coefficient (Wildman–Crippen LogP) is 2.29. The van der Waals surface area contributed by atoms with Gasteiger partial charge in [-0.05, 0) is 30.2 Å². The Morgan fingerprint density at radius 1 is 1.10 bits per heavy atom. The lowest BCUT2D eigenvalue weighted by atomic mass is 10.1. The van der Waals surface area contributed by atoms with E-state index < -0.39 is 5.97 Å². The van der Waals surface area contributed by atoms with Crippen LogP contribution in [-0.4, -0.2) is 22.8 Å². The van der Waals surface area contributed by atoms with E-state index in [2.05, 4.69) is 0 Å². The molecule has 0 aliphatic carbocycles. The Labute approximate surface area is 116 Å². The highest BCUT2D eigenvalue weighted by Gasteiger charge is 2.13. The van der Waals surface area contributed by atoms with Crippen LogP contribution in [0.4, 0.5) is 5.69 Å². The third-order valence-electron chi connectivity index (χ3n) is 2.87. The van der Waals surface area contributed by atoms with Crippen LogP contribution in [-0.2, 0) is 6.42 Å². The van der Waals surface area contributed by atoms with Crippen LogP contribution < -0.4 is 10.5 Å². The summed E-state index contributed by atoms with van der Waals surface area (Å²) in [5.41, 5.74) is 6.71. The third-order valence-corrected chi connectivity index (χ3v) is 2.87. The first-order valence-corrected chi connectivity index (χ1v) is 6.12. The maximum absolute atomic E-state index is 11.0. The van der Waals surface area contributed by atoms with Gasteiger partial charge in [-0.2, -0.15) is 0 Å². The fourth-order valence-corrected chi connectivity index (χ4v) is 1.87. The van der Waals surface area contributed by atoms with E-state index in [0.29, 0.717) is 12.2 Å². The molecule has 0 fully saturated rings. The van der Waals surface area contributed by atoms with Gasteiger partial charge >= 0.3 is 5.97 Å². The van der Waals surface area contributed by atoms with E-state index in [9.17, 15) is 4.79 Å². The summed E-state index contributed by atoms with van der Waals surface area (Å²) >= 11 is 0. The van der Waals surface area contributed by atoms with Gasteiger partial charge < -0.3 is 20.7 Å². The number of carbonyl (C=O) groups is 1. The molecule has 0 amide bonds. The van der Waals surface area contributed by atoms with E-state index in [-0.39, 0.29) is 23.6 Å². The molecule has 2 rings (SSSR count). The maximum atomic E-state index is 11.0. The molecule has 4 N–H and O–H groups in total. The Bertz CT molecular complexity index is 625. The Morgan fingerprint density at radius 3 is 2.50 bits per heavy atom. The zero-order valence-corrected chi connectivity index (χ0v) is 10.7. The minimum absolute atomic E-state index is 0.00198. The second-order valence-electron chi connectivity index (χ2n) is 4.21. The van der Waals surface area contributed by atoms with E-state index in [0.717, 1.165) is 5.56 Å². The number of hydrogen-bond acceptors (Lipinski definition) is 4. The molecule has 2 aromatic rings. The fraction of sp³-hybridized carbons (Fsp3) is 0.133. The van der Waals surface area contributed by atoms with Crippen molar-refractivity contribution in [3.05, 3.63) is 53.6 Å². The molecule has 0 spiro atoms. The monoisotopic (exact) mass is 273 g/mol. The third kappa shape index (κ3) is 2.89. The highest BCUT2D eigenvalue weighted by Crippen LogP contribution is 2.31. The number of benzene rings is 2. The predicted molar refractivity (Wildman–Crippen MR) is 75.1 cm³/mol. The lowest BCUT2D eigenvalue weighted by molar-refractivity contribution is 0.0697. The molecular weight excluding hydrogens is 258 g/mol. The van der Waals surface area contributed by atoms with Crippen LogP contribution in [0.3, 0.4) is 0 Å². The highest BCUT2D eigenvalue weighted by atomic mass is 16.5. The Kier molecular flexibility index (Phi) is 4.22. The maximum Gasteiger partial charge on any atom is 0.337 e. The summed E-state index contributed by atoms with van der Waals surface area (Å²) in [5, 5.41) is 18.1. The van der Waals surface area contributed by atoms with Crippen molar-refractivity contribution in [2.24, 2.45) is 0 Å². The second-order valence-corrected chi connectivity index (χ2v) is 4.21. The second kappa shape index (κ2) is 6.08. The molecule has 0 aromatic heterocycles. The number of ether oxygens (including phenoxy) is 1. The van der Waals surface area contributed by atoms with Crippen molar-refractivity contribution in [3.8, 4) is 11.5 Å². The normalized spacial score (nSPS) is 10.2.